The maximum atomic E-state index is 13.0. The Bertz CT molecular complexity index is 1210. The highest BCUT2D eigenvalue weighted by Gasteiger charge is 2.42. The SMILES string of the molecule is FC(F)(F)c1ccc(-c2n3c(c4[n+]2Cc2ccccc2-4)-c2ccccc2C3)cc1. The van der Waals surface area contributed by atoms with Crippen molar-refractivity contribution in [1.29, 1.82) is 0 Å². The molecule has 6 rings (SSSR count). The van der Waals surface area contributed by atoms with Crippen molar-refractivity contribution in [2.75, 3.05) is 0 Å². The first-order chi connectivity index (χ1) is 14.0. The molecule has 2 nitrogen and oxygen atoms in total. The predicted molar refractivity (Wildman–Crippen MR) is 104 cm³/mol. The first-order valence-corrected chi connectivity index (χ1v) is 9.53. The maximum absolute atomic E-state index is 13.0. The summed E-state index contributed by atoms with van der Waals surface area (Å²) >= 11 is 0. The molecule has 0 aliphatic carbocycles. The van der Waals surface area contributed by atoms with Gasteiger partial charge < -0.3 is 0 Å². The third-order valence-corrected chi connectivity index (χ3v) is 5.95. The minimum absolute atomic E-state index is 0.623. The van der Waals surface area contributed by atoms with Gasteiger partial charge in [0.2, 0.25) is 0 Å². The Balaban J connectivity index is 1.62. The van der Waals surface area contributed by atoms with E-state index in [2.05, 4.69) is 33.4 Å². The van der Waals surface area contributed by atoms with Gasteiger partial charge in [-0.2, -0.15) is 13.2 Å². The molecular formula is C24H16F3N2+. The second-order valence-electron chi connectivity index (χ2n) is 7.58. The van der Waals surface area contributed by atoms with Crippen LogP contribution in [0.3, 0.4) is 0 Å². The molecular weight excluding hydrogens is 373 g/mol. The molecule has 2 aliphatic heterocycles. The van der Waals surface area contributed by atoms with Crippen LogP contribution in [0.1, 0.15) is 16.7 Å². The van der Waals surface area contributed by atoms with E-state index in [1.54, 1.807) is 12.1 Å². The van der Waals surface area contributed by atoms with Gasteiger partial charge in [0, 0.05) is 22.3 Å². The Kier molecular flexibility index (Phi) is 3.20. The lowest BCUT2D eigenvalue weighted by molar-refractivity contribution is -0.660. The molecule has 0 unspecified atom stereocenters. The molecule has 0 saturated carbocycles. The molecule has 0 amide bonds. The van der Waals surface area contributed by atoms with Crippen molar-refractivity contribution in [3.05, 3.63) is 89.5 Å². The van der Waals surface area contributed by atoms with Gasteiger partial charge in [0.1, 0.15) is 13.1 Å². The molecule has 2 aliphatic rings. The first kappa shape index (κ1) is 16.6. The summed E-state index contributed by atoms with van der Waals surface area (Å²) in [5.74, 6) is 0.955. The first-order valence-electron chi connectivity index (χ1n) is 9.53. The Morgan fingerprint density at radius 3 is 2.14 bits per heavy atom. The lowest BCUT2D eigenvalue weighted by atomic mass is 10.0. The summed E-state index contributed by atoms with van der Waals surface area (Å²) in [4.78, 5) is 0. The van der Waals surface area contributed by atoms with E-state index in [0.717, 1.165) is 35.9 Å². The summed E-state index contributed by atoms with van der Waals surface area (Å²) in [6.45, 7) is 1.45. The average molecular weight is 389 g/mol. The molecule has 1 aromatic heterocycles. The monoisotopic (exact) mass is 389 g/mol. The van der Waals surface area contributed by atoms with Gasteiger partial charge >= 0.3 is 6.18 Å². The topological polar surface area (TPSA) is 8.81 Å². The van der Waals surface area contributed by atoms with E-state index in [0.29, 0.717) is 0 Å². The van der Waals surface area contributed by atoms with Crippen molar-refractivity contribution in [1.82, 2.24) is 4.57 Å². The Labute approximate surface area is 165 Å². The van der Waals surface area contributed by atoms with E-state index in [-0.39, 0.29) is 0 Å². The van der Waals surface area contributed by atoms with E-state index < -0.39 is 11.7 Å². The zero-order valence-corrected chi connectivity index (χ0v) is 15.4. The molecule has 0 N–H and O–H groups in total. The zero-order valence-electron chi connectivity index (χ0n) is 15.4. The normalized spacial score (nSPS) is 13.8. The van der Waals surface area contributed by atoms with E-state index in [4.69, 9.17) is 0 Å². The average Bonchev–Trinajstić information content (AvgIpc) is 3.34. The van der Waals surface area contributed by atoms with E-state index in [1.807, 2.05) is 24.3 Å². The molecule has 0 spiro atoms. The van der Waals surface area contributed by atoms with Crippen LogP contribution in [0.4, 0.5) is 13.2 Å². The molecule has 0 atom stereocenters. The molecule has 29 heavy (non-hydrogen) atoms. The summed E-state index contributed by atoms with van der Waals surface area (Å²) in [5, 5.41) is 0. The second kappa shape index (κ2) is 5.60. The van der Waals surface area contributed by atoms with Crippen LogP contribution in [0.15, 0.2) is 72.8 Å². The predicted octanol–water partition coefficient (Wildman–Crippen LogP) is 5.52. The molecule has 3 heterocycles. The van der Waals surface area contributed by atoms with Gasteiger partial charge in [0.05, 0.1) is 11.1 Å². The fourth-order valence-corrected chi connectivity index (χ4v) is 4.71. The lowest BCUT2D eigenvalue weighted by Gasteiger charge is -2.07. The van der Waals surface area contributed by atoms with Crippen molar-refractivity contribution < 1.29 is 17.7 Å². The van der Waals surface area contributed by atoms with Crippen molar-refractivity contribution in [3.63, 3.8) is 0 Å². The van der Waals surface area contributed by atoms with Gasteiger partial charge in [-0.15, -0.1) is 0 Å². The number of nitrogens with zero attached hydrogens (tertiary/aromatic N) is 2. The van der Waals surface area contributed by atoms with Crippen LogP contribution in [0, 0.1) is 0 Å². The van der Waals surface area contributed by atoms with Crippen molar-refractivity contribution >= 4 is 0 Å². The van der Waals surface area contributed by atoms with Gasteiger partial charge in [-0.3, -0.25) is 0 Å². The summed E-state index contributed by atoms with van der Waals surface area (Å²) in [5.41, 5.74) is 7.36. The van der Waals surface area contributed by atoms with Crippen molar-refractivity contribution in [2.24, 2.45) is 0 Å². The van der Waals surface area contributed by atoms with Gasteiger partial charge in [-0.1, -0.05) is 48.5 Å². The van der Waals surface area contributed by atoms with Crippen molar-refractivity contribution in [2.45, 2.75) is 19.3 Å². The number of rotatable bonds is 1. The number of alkyl halides is 3. The minimum atomic E-state index is -4.33. The summed E-state index contributed by atoms with van der Waals surface area (Å²) in [7, 11) is 0. The fraction of sp³-hybridized carbons (Fsp3) is 0.125. The van der Waals surface area contributed by atoms with Crippen LogP contribution in [-0.2, 0) is 19.3 Å². The standard InChI is InChI=1S/C24H16F3N2/c25-24(26,27)18-11-9-15(10-12-18)23-28-13-16-5-1-3-7-19(16)21(28)22-20-8-4-2-6-17(20)14-29(22)23/h1-12H,13-14H2/q+1. The number of imidazole rings is 1. The third-order valence-electron chi connectivity index (χ3n) is 5.95. The summed E-state index contributed by atoms with van der Waals surface area (Å²) < 4.78 is 43.6. The zero-order chi connectivity index (χ0) is 19.8. The quantitative estimate of drug-likeness (QED) is 0.328. The number of aromatic nitrogens is 2. The van der Waals surface area contributed by atoms with Crippen molar-refractivity contribution in [3.8, 4) is 33.9 Å². The van der Waals surface area contributed by atoms with Crippen LogP contribution in [0.25, 0.3) is 33.9 Å². The summed E-state index contributed by atoms with van der Waals surface area (Å²) in [6.07, 6.45) is -4.33. The number of halogens is 3. The molecule has 3 aromatic carbocycles. The van der Waals surface area contributed by atoms with Crippen LogP contribution in [0.5, 0.6) is 0 Å². The highest BCUT2D eigenvalue weighted by atomic mass is 19.4. The Hall–Kier alpha value is -3.34. The van der Waals surface area contributed by atoms with Gasteiger partial charge in [-0.25, -0.2) is 9.13 Å². The number of hydrogen-bond donors (Lipinski definition) is 0. The number of benzene rings is 3. The fourth-order valence-electron chi connectivity index (χ4n) is 4.71. The maximum Gasteiger partial charge on any atom is 0.416 e. The Morgan fingerprint density at radius 1 is 0.759 bits per heavy atom. The van der Waals surface area contributed by atoms with Gasteiger partial charge in [-0.05, 0) is 24.3 Å². The Morgan fingerprint density at radius 2 is 1.41 bits per heavy atom. The smallest absolute Gasteiger partial charge is 0.218 e. The number of hydrogen-bond acceptors (Lipinski definition) is 0. The van der Waals surface area contributed by atoms with Crippen LogP contribution < -0.4 is 4.57 Å². The third kappa shape index (κ3) is 2.27. The van der Waals surface area contributed by atoms with E-state index >= 15 is 0 Å². The minimum Gasteiger partial charge on any atom is -0.218 e. The van der Waals surface area contributed by atoms with Gasteiger partial charge in [0.15, 0.2) is 11.4 Å². The van der Waals surface area contributed by atoms with Crippen LogP contribution >= 0.6 is 0 Å². The summed E-state index contributed by atoms with van der Waals surface area (Å²) in [6, 6.07) is 22.2. The molecule has 5 heteroatoms. The molecule has 142 valence electrons. The lowest BCUT2D eigenvalue weighted by Crippen LogP contribution is -2.34. The van der Waals surface area contributed by atoms with E-state index in [9.17, 15) is 13.2 Å². The number of fused-ring (bicyclic) bond motifs is 7. The largest absolute Gasteiger partial charge is 0.416 e. The van der Waals surface area contributed by atoms with E-state index in [1.165, 1.54) is 34.4 Å². The molecule has 0 fully saturated rings. The van der Waals surface area contributed by atoms with Crippen LogP contribution in [-0.4, -0.2) is 4.57 Å². The highest BCUT2D eigenvalue weighted by molar-refractivity contribution is 5.85. The molecule has 0 radical (unpaired) electrons. The molecule has 0 bridgehead atoms. The highest BCUT2D eigenvalue weighted by Crippen LogP contribution is 2.44. The molecule has 4 aromatic rings. The molecule has 0 saturated heterocycles. The van der Waals surface area contributed by atoms with Gasteiger partial charge in [0.25, 0.3) is 5.82 Å². The second-order valence-corrected chi connectivity index (χ2v) is 7.58. The van der Waals surface area contributed by atoms with Crippen LogP contribution in [0.2, 0.25) is 0 Å².